The average Bonchev–Trinajstić information content (AvgIpc) is 2.26. The molecule has 1 fully saturated rings. The predicted octanol–water partition coefficient (Wildman–Crippen LogP) is 4.19. The summed E-state index contributed by atoms with van der Waals surface area (Å²) in [6, 6.07) is 6.59. The van der Waals surface area contributed by atoms with Gasteiger partial charge in [0.25, 0.3) is 0 Å². The molecule has 0 spiro atoms. The summed E-state index contributed by atoms with van der Waals surface area (Å²) in [7, 11) is 0. The molecule has 1 aromatic carbocycles. The molecule has 1 aromatic rings. The molecule has 1 N–H and O–H groups in total. The van der Waals surface area contributed by atoms with Crippen molar-refractivity contribution in [3.63, 3.8) is 0 Å². The minimum atomic E-state index is -0.739. The lowest BCUT2D eigenvalue weighted by atomic mass is 9.68. The highest BCUT2D eigenvalue weighted by molar-refractivity contribution is 5.18. The Hall–Kier alpha value is -0.890. The molecule has 106 valence electrons. The van der Waals surface area contributed by atoms with Crippen LogP contribution in [0.25, 0.3) is 0 Å². The van der Waals surface area contributed by atoms with Gasteiger partial charge in [-0.05, 0) is 61.6 Å². The Kier molecular flexibility index (Phi) is 4.29. The maximum Gasteiger partial charge on any atom is 0.123 e. The predicted molar refractivity (Wildman–Crippen MR) is 76.4 cm³/mol. The smallest absolute Gasteiger partial charge is 0.123 e. The zero-order valence-corrected chi connectivity index (χ0v) is 12.2. The summed E-state index contributed by atoms with van der Waals surface area (Å²) in [5.41, 5.74) is 0.146. The summed E-state index contributed by atoms with van der Waals surface area (Å²) < 4.78 is 13.2. The fourth-order valence-electron chi connectivity index (χ4n) is 3.66. The maximum absolute atomic E-state index is 13.2. The van der Waals surface area contributed by atoms with Gasteiger partial charge >= 0.3 is 0 Å². The molecule has 0 heterocycles. The zero-order chi connectivity index (χ0) is 14.0. The Bertz CT molecular complexity index is 417. The SMILES string of the molecule is CC1CC(C)CC(C(C)(O)Cc2cccc(F)c2)C1. The fourth-order valence-corrected chi connectivity index (χ4v) is 3.66. The Morgan fingerprint density at radius 3 is 2.42 bits per heavy atom. The normalized spacial score (nSPS) is 30.9. The highest BCUT2D eigenvalue weighted by atomic mass is 19.1. The maximum atomic E-state index is 13.2. The van der Waals surface area contributed by atoms with E-state index >= 15 is 0 Å². The lowest BCUT2D eigenvalue weighted by Gasteiger charge is -2.40. The first kappa shape index (κ1) is 14.5. The van der Waals surface area contributed by atoms with Gasteiger partial charge in [0.1, 0.15) is 5.82 Å². The number of halogens is 1. The molecule has 0 saturated heterocycles. The molecule has 2 heteroatoms. The van der Waals surface area contributed by atoms with Gasteiger partial charge in [0.05, 0.1) is 5.60 Å². The van der Waals surface area contributed by atoms with Crippen LogP contribution in [0.4, 0.5) is 4.39 Å². The summed E-state index contributed by atoms with van der Waals surface area (Å²) in [6.45, 7) is 6.44. The van der Waals surface area contributed by atoms with E-state index in [2.05, 4.69) is 13.8 Å². The minimum absolute atomic E-state index is 0.223. The van der Waals surface area contributed by atoms with Crippen LogP contribution in [0.15, 0.2) is 24.3 Å². The van der Waals surface area contributed by atoms with E-state index in [9.17, 15) is 9.50 Å². The molecule has 3 unspecified atom stereocenters. The Balaban J connectivity index is 2.09. The van der Waals surface area contributed by atoms with E-state index in [-0.39, 0.29) is 5.82 Å². The summed E-state index contributed by atoms with van der Waals surface area (Å²) >= 11 is 0. The van der Waals surface area contributed by atoms with Gasteiger partial charge in [-0.2, -0.15) is 0 Å². The Labute approximate surface area is 115 Å². The third kappa shape index (κ3) is 3.79. The highest BCUT2D eigenvalue weighted by Crippen LogP contribution is 2.39. The topological polar surface area (TPSA) is 20.2 Å². The second kappa shape index (κ2) is 5.62. The van der Waals surface area contributed by atoms with Gasteiger partial charge in [-0.15, -0.1) is 0 Å². The van der Waals surface area contributed by atoms with Crippen molar-refractivity contribution in [1.82, 2.24) is 0 Å². The van der Waals surface area contributed by atoms with Crippen LogP contribution in [0, 0.1) is 23.6 Å². The third-order valence-electron chi connectivity index (χ3n) is 4.51. The molecule has 0 bridgehead atoms. The van der Waals surface area contributed by atoms with E-state index < -0.39 is 5.60 Å². The summed E-state index contributed by atoms with van der Waals surface area (Å²) in [5, 5.41) is 10.8. The largest absolute Gasteiger partial charge is 0.390 e. The van der Waals surface area contributed by atoms with Crippen LogP contribution < -0.4 is 0 Å². The van der Waals surface area contributed by atoms with Gasteiger partial charge in [-0.25, -0.2) is 4.39 Å². The summed E-state index contributed by atoms with van der Waals surface area (Å²) in [4.78, 5) is 0. The van der Waals surface area contributed by atoms with Gasteiger partial charge < -0.3 is 5.11 Å². The van der Waals surface area contributed by atoms with Crippen molar-refractivity contribution in [2.45, 2.75) is 52.1 Å². The van der Waals surface area contributed by atoms with Crippen molar-refractivity contribution in [3.8, 4) is 0 Å². The van der Waals surface area contributed by atoms with Crippen LogP contribution >= 0.6 is 0 Å². The van der Waals surface area contributed by atoms with Gasteiger partial charge in [-0.3, -0.25) is 0 Å². The van der Waals surface area contributed by atoms with Crippen LogP contribution in [0.5, 0.6) is 0 Å². The molecule has 0 amide bonds. The monoisotopic (exact) mass is 264 g/mol. The van der Waals surface area contributed by atoms with Crippen molar-refractivity contribution >= 4 is 0 Å². The van der Waals surface area contributed by atoms with Crippen molar-refractivity contribution < 1.29 is 9.50 Å². The molecule has 2 rings (SSSR count). The molecule has 1 aliphatic rings. The van der Waals surface area contributed by atoms with E-state index in [4.69, 9.17) is 0 Å². The van der Waals surface area contributed by atoms with E-state index in [1.165, 1.54) is 18.6 Å². The first-order chi connectivity index (χ1) is 8.87. The van der Waals surface area contributed by atoms with Crippen LogP contribution in [-0.2, 0) is 6.42 Å². The standard InChI is InChI=1S/C17H25FO/c1-12-7-13(2)9-15(8-12)17(3,19)11-14-5-4-6-16(18)10-14/h4-6,10,12-13,15,19H,7-9,11H2,1-3H3. The van der Waals surface area contributed by atoms with Gasteiger partial charge in [0, 0.05) is 6.42 Å². The zero-order valence-electron chi connectivity index (χ0n) is 12.2. The van der Waals surface area contributed by atoms with Crippen molar-refractivity contribution in [1.29, 1.82) is 0 Å². The summed E-state index contributed by atoms with van der Waals surface area (Å²) in [6.07, 6.45) is 3.95. The van der Waals surface area contributed by atoms with Crippen molar-refractivity contribution in [2.75, 3.05) is 0 Å². The van der Waals surface area contributed by atoms with Gasteiger partial charge in [0.2, 0.25) is 0 Å². The second-order valence-corrected chi connectivity index (χ2v) is 6.78. The Morgan fingerprint density at radius 2 is 1.84 bits per heavy atom. The molecule has 1 saturated carbocycles. The first-order valence-corrected chi connectivity index (χ1v) is 7.33. The lowest BCUT2D eigenvalue weighted by Crippen LogP contribution is -2.41. The molecule has 0 aromatic heterocycles. The van der Waals surface area contributed by atoms with Crippen LogP contribution in [0.1, 0.15) is 45.6 Å². The molecule has 3 atom stereocenters. The van der Waals surface area contributed by atoms with Gasteiger partial charge in [0.15, 0.2) is 0 Å². The van der Waals surface area contributed by atoms with Gasteiger partial charge in [-0.1, -0.05) is 26.0 Å². The Morgan fingerprint density at radius 1 is 1.21 bits per heavy atom. The first-order valence-electron chi connectivity index (χ1n) is 7.33. The van der Waals surface area contributed by atoms with E-state index in [1.54, 1.807) is 6.07 Å². The molecule has 1 nitrogen and oxygen atoms in total. The number of rotatable bonds is 3. The molecular weight excluding hydrogens is 239 g/mol. The molecule has 0 radical (unpaired) electrons. The minimum Gasteiger partial charge on any atom is -0.390 e. The van der Waals surface area contributed by atoms with Crippen molar-refractivity contribution in [3.05, 3.63) is 35.6 Å². The highest BCUT2D eigenvalue weighted by Gasteiger charge is 2.36. The third-order valence-corrected chi connectivity index (χ3v) is 4.51. The number of hydrogen-bond donors (Lipinski definition) is 1. The number of hydrogen-bond acceptors (Lipinski definition) is 1. The molecule has 0 aliphatic heterocycles. The molecular formula is C17H25FO. The fraction of sp³-hybridized carbons (Fsp3) is 0.647. The second-order valence-electron chi connectivity index (χ2n) is 6.78. The summed E-state index contributed by atoms with van der Waals surface area (Å²) in [5.74, 6) is 1.44. The van der Waals surface area contributed by atoms with Crippen LogP contribution in [0.3, 0.4) is 0 Å². The van der Waals surface area contributed by atoms with E-state index in [0.29, 0.717) is 24.2 Å². The van der Waals surface area contributed by atoms with Crippen LogP contribution in [0.2, 0.25) is 0 Å². The van der Waals surface area contributed by atoms with E-state index in [0.717, 1.165) is 18.4 Å². The molecule has 19 heavy (non-hydrogen) atoms. The van der Waals surface area contributed by atoms with Crippen molar-refractivity contribution in [2.24, 2.45) is 17.8 Å². The van der Waals surface area contributed by atoms with E-state index in [1.807, 2.05) is 13.0 Å². The quantitative estimate of drug-likeness (QED) is 0.868. The van der Waals surface area contributed by atoms with Crippen LogP contribution in [-0.4, -0.2) is 10.7 Å². The number of aliphatic hydroxyl groups is 1. The molecule has 1 aliphatic carbocycles. The lowest BCUT2D eigenvalue weighted by molar-refractivity contribution is -0.0331. The number of benzene rings is 1. The average molecular weight is 264 g/mol.